The number of nitrogens with zero attached hydrogens (tertiary/aromatic N) is 2. The number of aryl methyl sites for hydroxylation is 3. The molecule has 0 atom stereocenters. The van der Waals surface area contributed by atoms with Crippen LogP contribution < -0.4 is 11.1 Å². The third-order valence-electron chi connectivity index (χ3n) is 4.61. The number of carbonyl (C=O) groups excluding carboxylic acids is 1. The van der Waals surface area contributed by atoms with E-state index < -0.39 is 5.91 Å². The van der Waals surface area contributed by atoms with E-state index in [0.29, 0.717) is 12.1 Å². The number of hydrogen-bond acceptors (Lipinski definition) is 3. The molecule has 5 nitrogen and oxygen atoms in total. The highest BCUT2D eigenvalue weighted by Crippen LogP contribution is 2.23. The van der Waals surface area contributed by atoms with Gasteiger partial charge in [0.15, 0.2) is 5.65 Å². The van der Waals surface area contributed by atoms with Crippen molar-refractivity contribution in [3.05, 3.63) is 64.4 Å². The molecule has 3 aromatic rings. The zero-order valence-corrected chi connectivity index (χ0v) is 15.3. The second-order valence-electron chi connectivity index (χ2n) is 6.39. The summed E-state index contributed by atoms with van der Waals surface area (Å²) in [5.74, 6) is -0.712. The molecule has 0 radical (unpaired) electrons. The van der Waals surface area contributed by atoms with E-state index in [0.717, 1.165) is 46.6 Å². The van der Waals surface area contributed by atoms with Gasteiger partial charge in [0.05, 0.1) is 16.9 Å². The number of pyridine rings is 1. The van der Waals surface area contributed by atoms with Crippen LogP contribution in [0, 0.1) is 12.7 Å². The second-order valence-corrected chi connectivity index (χ2v) is 6.39. The lowest BCUT2D eigenvalue weighted by molar-refractivity contribution is 0.1000. The summed E-state index contributed by atoms with van der Waals surface area (Å²) in [5, 5.41) is 3.36. The molecule has 0 aliphatic rings. The number of hydrogen-bond donors (Lipinski definition) is 2. The first-order chi connectivity index (χ1) is 12.4. The van der Waals surface area contributed by atoms with Gasteiger partial charge in [-0.25, -0.2) is 9.37 Å². The third kappa shape index (κ3) is 3.40. The molecule has 0 unspecified atom stereocenters. The van der Waals surface area contributed by atoms with Crippen LogP contribution in [0.2, 0.25) is 0 Å². The van der Waals surface area contributed by atoms with E-state index in [9.17, 15) is 9.18 Å². The molecule has 2 heterocycles. The van der Waals surface area contributed by atoms with Crippen molar-refractivity contribution in [1.82, 2.24) is 9.38 Å². The van der Waals surface area contributed by atoms with Gasteiger partial charge in [-0.1, -0.05) is 13.8 Å². The summed E-state index contributed by atoms with van der Waals surface area (Å²) in [6.45, 7) is 6.45. The standard InChI is InChI=1S/C20H23FN4O/c1-4-13-7-15(21)6-12(3)17(13)9-23-18-8-14(19(22)26)10-25-11-16(5-2)24-20(18)25/h6-8,10-11,23H,4-5,9H2,1-3H3,(H2,22,26). The van der Waals surface area contributed by atoms with Crippen LogP contribution in [0.3, 0.4) is 0 Å². The van der Waals surface area contributed by atoms with Crippen LogP contribution in [-0.2, 0) is 19.4 Å². The summed E-state index contributed by atoms with van der Waals surface area (Å²) in [4.78, 5) is 16.3. The van der Waals surface area contributed by atoms with Gasteiger partial charge >= 0.3 is 0 Å². The van der Waals surface area contributed by atoms with E-state index in [1.54, 1.807) is 18.3 Å². The van der Waals surface area contributed by atoms with Crippen molar-refractivity contribution in [3.8, 4) is 0 Å². The van der Waals surface area contributed by atoms with Crippen LogP contribution in [0.4, 0.5) is 10.1 Å². The molecule has 0 bridgehead atoms. The molecule has 0 aliphatic heterocycles. The molecular weight excluding hydrogens is 331 g/mol. The van der Waals surface area contributed by atoms with Gasteiger partial charge in [0.2, 0.25) is 5.91 Å². The Balaban J connectivity index is 2.01. The molecule has 136 valence electrons. The summed E-state index contributed by atoms with van der Waals surface area (Å²) < 4.78 is 15.5. The molecule has 2 aromatic heterocycles. The maximum atomic E-state index is 13.7. The Bertz CT molecular complexity index is 978. The van der Waals surface area contributed by atoms with Crippen molar-refractivity contribution in [1.29, 1.82) is 0 Å². The number of halogens is 1. The normalized spacial score (nSPS) is 11.1. The number of imidazole rings is 1. The largest absolute Gasteiger partial charge is 0.378 e. The quantitative estimate of drug-likeness (QED) is 0.710. The molecular formula is C20H23FN4O. The van der Waals surface area contributed by atoms with Crippen LogP contribution in [0.25, 0.3) is 5.65 Å². The molecule has 0 saturated carbocycles. The number of nitrogens with one attached hydrogen (secondary N) is 1. The Morgan fingerprint density at radius 2 is 2.00 bits per heavy atom. The maximum absolute atomic E-state index is 13.7. The predicted octanol–water partition coefficient (Wildman–Crippen LogP) is 3.62. The van der Waals surface area contributed by atoms with Crippen LogP contribution >= 0.6 is 0 Å². The van der Waals surface area contributed by atoms with Gasteiger partial charge in [-0.15, -0.1) is 0 Å². The fourth-order valence-corrected chi connectivity index (χ4v) is 3.18. The lowest BCUT2D eigenvalue weighted by Crippen LogP contribution is -2.13. The van der Waals surface area contributed by atoms with Gasteiger partial charge in [0.25, 0.3) is 0 Å². The van der Waals surface area contributed by atoms with E-state index in [2.05, 4.69) is 10.3 Å². The summed E-state index contributed by atoms with van der Waals surface area (Å²) in [7, 11) is 0. The first-order valence-electron chi connectivity index (χ1n) is 8.76. The van der Waals surface area contributed by atoms with Crippen molar-refractivity contribution >= 4 is 17.2 Å². The maximum Gasteiger partial charge on any atom is 0.250 e. The molecule has 0 saturated heterocycles. The number of carbonyl (C=O) groups is 1. The van der Waals surface area contributed by atoms with Crippen molar-refractivity contribution in [2.75, 3.05) is 5.32 Å². The van der Waals surface area contributed by atoms with Gasteiger partial charge in [-0.3, -0.25) is 4.79 Å². The monoisotopic (exact) mass is 354 g/mol. The minimum Gasteiger partial charge on any atom is -0.378 e. The van der Waals surface area contributed by atoms with E-state index in [1.807, 2.05) is 31.4 Å². The molecule has 0 fully saturated rings. The first-order valence-corrected chi connectivity index (χ1v) is 8.76. The summed E-state index contributed by atoms with van der Waals surface area (Å²) in [5.41, 5.74) is 11.2. The average molecular weight is 354 g/mol. The van der Waals surface area contributed by atoms with Crippen molar-refractivity contribution < 1.29 is 9.18 Å². The Labute approximate surface area is 152 Å². The SMILES string of the molecule is CCc1cn2cc(C(N)=O)cc(NCc3c(C)cc(F)cc3CC)c2n1. The number of amides is 1. The Hall–Kier alpha value is -2.89. The third-order valence-corrected chi connectivity index (χ3v) is 4.61. The molecule has 1 amide bonds. The lowest BCUT2D eigenvalue weighted by Gasteiger charge is -2.15. The van der Waals surface area contributed by atoms with Crippen LogP contribution in [0.1, 0.15) is 46.6 Å². The van der Waals surface area contributed by atoms with E-state index in [-0.39, 0.29) is 5.82 Å². The molecule has 3 rings (SSSR count). The molecule has 0 spiro atoms. The van der Waals surface area contributed by atoms with Crippen molar-refractivity contribution in [2.45, 2.75) is 40.2 Å². The number of fused-ring (bicyclic) bond motifs is 1. The molecule has 3 N–H and O–H groups in total. The van der Waals surface area contributed by atoms with Crippen LogP contribution in [0.15, 0.2) is 30.6 Å². The van der Waals surface area contributed by atoms with Gasteiger partial charge in [0.1, 0.15) is 5.82 Å². The average Bonchev–Trinajstić information content (AvgIpc) is 3.03. The number of nitrogens with two attached hydrogens (primary N) is 1. The van der Waals surface area contributed by atoms with Crippen molar-refractivity contribution in [3.63, 3.8) is 0 Å². The van der Waals surface area contributed by atoms with E-state index in [4.69, 9.17) is 5.73 Å². The highest BCUT2D eigenvalue weighted by molar-refractivity contribution is 5.94. The Morgan fingerprint density at radius 1 is 1.23 bits per heavy atom. The highest BCUT2D eigenvalue weighted by Gasteiger charge is 2.13. The zero-order valence-electron chi connectivity index (χ0n) is 15.3. The van der Waals surface area contributed by atoms with Gasteiger partial charge in [-0.05, 0) is 54.7 Å². The summed E-state index contributed by atoms with van der Waals surface area (Å²) in [6, 6.07) is 4.83. The minimum atomic E-state index is -0.492. The van der Waals surface area contributed by atoms with Gasteiger partial charge in [-0.2, -0.15) is 0 Å². The summed E-state index contributed by atoms with van der Waals surface area (Å²) in [6.07, 6.45) is 5.13. The zero-order chi connectivity index (χ0) is 18.8. The Kier molecular flexibility index (Phi) is 4.93. The van der Waals surface area contributed by atoms with E-state index >= 15 is 0 Å². The molecule has 1 aromatic carbocycles. The number of anilines is 1. The molecule has 6 heteroatoms. The lowest BCUT2D eigenvalue weighted by atomic mass is 9.99. The first kappa shape index (κ1) is 17.9. The predicted molar refractivity (Wildman–Crippen MR) is 101 cm³/mol. The fourth-order valence-electron chi connectivity index (χ4n) is 3.18. The topological polar surface area (TPSA) is 72.4 Å². The number of primary amides is 1. The van der Waals surface area contributed by atoms with Crippen LogP contribution in [-0.4, -0.2) is 15.3 Å². The minimum absolute atomic E-state index is 0.220. The van der Waals surface area contributed by atoms with Gasteiger partial charge in [0, 0.05) is 18.9 Å². The Morgan fingerprint density at radius 3 is 2.65 bits per heavy atom. The number of aromatic nitrogens is 2. The van der Waals surface area contributed by atoms with Crippen LogP contribution in [0.5, 0.6) is 0 Å². The number of benzene rings is 1. The van der Waals surface area contributed by atoms with Gasteiger partial charge < -0.3 is 15.5 Å². The molecule has 0 aliphatic carbocycles. The van der Waals surface area contributed by atoms with Crippen molar-refractivity contribution in [2.24, 2.45) is 5.73 Å². The van der Waals surface area contributed by atoms with E-state index in [1.165, 1.54) is 6.07 Å². The fraction of sp³-hybridized carbons (Fsp3) is 0.300. The second kappa shape index (κ2) is 7.15. The number of rotatable bonds is 6. The highest BCUT2D eigenvalue weighted by atomic mass is 19.1. The smallest absolute Gasteiger partial charge is 0.250 e. The summed E-state index contributed by atoms with van der Waals surface area (Å²) >= 11 is 0. The molecule has 26 heavy (non-hydrogen) atoms.